The molecule has 2 N–H and O–H groups in total. The minimum absolute atomic E-state index is 0.358. The predicted molar refractivity (Wildman–Crippen MR) is 40.7 cm³/mol. The van der Waals surface area contributed by atoms with Crippen molar-refractivity contribution >= 4 is 11.9 Å². The largest absolute Gasteiger partial charge is 0.479 e. The van der Waals surface area contributed by atoms with E-state index in [1.165, 1.54) is 7.11 Å². The van der Waals surface area contributed by atoms with E-state index in [9.17, 15) is 9.59 Å². The summed E-state index contributed by atoms with van der Waals surface area (Å²) in [6.45, 7) is 0. The first-order valence-electron chi connectivity index (χ1n) is 3.86. The van der Waals surface area contributed by atoms with Crippen molar-refractivity contribution in [2.45, 2.75) is 25.0 Å². The van der Waals surface area contributed by atoms with E-state index >= 15 is 0 Å². The van der Waals surface area contributed by atoms with Crippen molar-refractivity contribution in [1.29, 1.82) is 0 Å². The van der Waals surface area contributed by atoms with E-state index in [4.69, 9.17) is 9.84 Å². The Morgan fingerprint density at radius 3 is 2.54 bits per heavy atom. The van der Waals surface area contributed by atoms with Gasteiger partial charge in [-0.25, -0.2) is 10.3 Å². The molecule has 1 amide bonds. The van der Waals surface area contributed by atoms with Crippen LogP contribution in [0.5, 0.6) is 0 Å². The lowest BCUT2D eigenvalue weighted by molar-refractivity contribution is -0.154. The van der Waals surface area contributed by atoms with Gasteiger partial charge in [0.25, 0.3) is 5.91 Å². The Morgan fingerprint density at radius 2 is 2.08 bits per heavy atom. The monoisotopic (exact) mass is 189 g/mol. The molecule has 6 heteroatoms. The molecule has 1 fully saturated rings. The van der Waals surface area contributed by atoms with Crippen molar-refractivity contribution in [1.82, 2.24) is 5.48 Å². The lowest BCUT2D eigenvalue weighted by Crippen LogP contribution is -2.34. The number of hydroxylamine groups is 1. The molecule has 2 unspecified atom stereocenters. The van der Waals surface area contributed by atoms with Crippen LogP contribution in [0.4, 0.5) is 0 Å². The third kappa shape index (κ3) is 2.40. The highest BCUT2D eigenvalue weighted by Gasteiger charge is 2.34. The Balaban J connectivity index is 2.40. The molecule has 0 bridgehead atoms. The Morgan fingerprint density at radius 1 is 1.46 bits per heavy atom. The molecule has 0 radical (unpaired) electrons. The van der Waals surface area contributed by atoms with E-state index < -0.39 is 24.1 Å². The van der Waals surface area contributed by atoms with Crippen molar-refractivity contribution in [2.24, 2.45) is 0 Å². The van der Waals surface area contributed by atoms with E-state index in [1.54, 1.807) is 0 Å². The number of carboxylic acid groups (broad SMARTS) is 1. The normalized spacial score (nSPS) is 27.2. The van der Waals surface area contributed by atoms with Crippen LogP contribution < -0.4 is 5.48 Å². The number of nitrogens with one attached hydrogen (secondary N) is 1. The van der Waals surface area contributed by atoms with Gasteiger partial charge in [-0.2, -0.15) is 0 Å². The third-order valence-electron chi connectivity index (χ3n) is 1.79. The van der Waals surface area contributed by atoms with Gasteiger partial charge in [0.1, 0.15) is 6.10 Å². The van der Waals surface area contributed by atoms with Crippen molar-refractivity contribution in [3.05, 3.63) is 0 Å². The van der Waals surface area contributed by atoms with Crippen LogP contribution in [0.3, 0.4) is 0 Å². The lowest BCUT2D eigenvalue weighted by atomic mass is 10.2. The second kappa shape index (κ2) is 4.20. The molecule has 0 aromatic heterocycles. The molecule has 74 valence electrons. The van der Waals surface area contributed by atoms with Gasteiger partial charge in [0, 0.05) is 0 Å². The number of ether oxygens (including phenoxy) is 1. The molecule has 0 aromatic carbocycles. The Bertz CT molecular complexity index is 217. The van der Waals surface area contributed by atoms with Gasteiger partial charge in [0.2, 0.25) is 0 Å². The topological polar surface area (TPSA) is 84.9 Å². The number of amides is 1. The number of carbonyl (C=O) groups is 2. The smallest absolute Gasteiger partial charge is 0.332 e. The van der Waals surface area contributed by atoms with Gasteiger partial charge >= 0.3 is 5.97 Å². The van der Waals surface area contributed by atoms with Crippen LogP contribution in [0, 0.1) is 0 Å². The average molecular weight is 189 g/mol. The van der Waals surface area contributed by atoms with Gasteiger partial charge in [0.15, 0.2) is 6.10 Å². The highest BCUT2D eigenvalue weighted by molar-refractivity contribution is 5.81. The molecule has 1 rings (SSSR count). The molecule has 1 saturated heterocycles. The number of hydrogen-bond donors (Lipinski definition) is 2. The maximum absolute atomic E-state index is 11.1. The van der Waals surface area contributed by atoms with Gasteiger partial charge in [-0.3, -0.25) is 9.63 Å². The van der Waals surface area contributed by atoms with Crippen LogP contribution in [0.15, 0.2) is 0 Å². The van der Waals surface area contributed by atoms with Crippen molar-refractivity contribution in [2.75, 3.05) is 7.11 Å². The number of aliphatic carboxylic acids is 1. The van der Waals surface area contributed by atoms with Crippen LogP contribution in [0.1, 0.15) is 12.8 Å². The van der Waals surface area contributed by atoms with Gasteiger partial charge in [0.05, 0.1) is 7.11 Å². The SMILES string of the molecule is CONC(=O)C1CCC(C(=O)O)O1. The Kier molecular flexibility index (Phi) is 3.21. The van der Waals surface area contributed by atoms with E-state index in [2.05, 4.69) is 10.3 Å². The first-order valence-corrected chi connectivity index (χ1v) is 3.86. The first-order chi connectivity index (χ1) is 6.15. The highest BCUT2D eigenvalue weighted by Crippen LogP contribution is 2.19. The van der Waals surface area contributed by atoms with Gasteiger partial charge < -0.3 is 9.84 Å². The zero-order chi connectivity index (χ0) is 9.84. The molecular weight excluding hydrogens is 178 g/mol. The number of rotatable bonds is 3. The van der Waals surface area contributed by atoms with Crippen LogP contribution in [0.25, 0.3) is 0 Å². The first kappa shape index (κ1) is 9.94. The molecule has 2 atom stereocenters. The summed E-state index contributed by atoms with van der Waals surface area (Å²) in [4.78, 5) is 25.9. The second-order valence-corrected chi connectivity index (χ2v) is 2.70. The average Bonchev–Trinajstić information content (AvgIpc) is 2.52. The van der Waals surface area contributed by atoms with Crippen LogP contribution in [0.2, 0.25) is 0 Å². The molecule has 6 nitrogen and oxygen atoms in total. The molecule has 0 saturated carbocycles. The van der Waals surface area contributed by atoms with Crippen LogP contribution in [-0.4, -0.2) is 36.3 Å². The zero-order valence-electron chi connectivity index (χ0n) is 7.15. The maximum Gasteiger partial charge on any atom is 0.332 e. The van der Waals surface area contributed by atoms with E-state index in [-0.39, 0.29) is 0 Å². The minimum atomic E-state index is -1.03. The number of hydrogen-bond acceptors (Lipinski definition) is 4. The number of carboxylic acids is 1. The highest BCUT2D eigenvalue weighted by atomic mass is 16.6. The molecular formula is C7H11NO5. The summed E-state index contributed by atoms with van der Waals surface area (Å²) in [5.41, 5.74) is 2.09. The fourth-order valence-electron chi connectivity index (χ4n) is 1.18. The van der Waals surface area contributed by atoms with Gasteiger partial charge in [-0.1, -0.05) is 0 Å². The summed E-state index contributed by atoms with van der Waals surface area (Å²) in [6, 6.07) is 0. The van der Waals surface area contributed by atoms with Gasteiger partial charge in [-0.05, 0) is 12.8 Å². The summed E-state index contributed by atoms with van der Waals surface area (Å²) in [5, 5.41) is 8.55. The summed E-state index contributed by atoms with van der Waals surface area (Å²) < 4.78 is 4.95. The van der Waals surface area contributed by atoms with Crippen molar-refractivity contribution in [3.8, 4) is 0 Å². The molecule has 1 aliphatic heterocycles. The maximum atomic E-state index is 11.1. The summed E-state index contributed by atoms with van der Waals surface area (Å²) >= 11 is 0. The minimum Gasteiger partial charge on any atom is -0.479 e. The molecule has 0 aliphatic carbocycles. The Labute approximate surface area is 74.8 Å². The zero-order valence-corrected chi connectivity index (χ0v) is 7.15. The number of carbonyl (C=O) groups excluding carboxylic acids is 1. The van der Waals surface area contributed by atoms with E-state index in [0.29, 0.717) is 12.8 Å². The lowest BCUT2D eigenvalue weighted by Gasteiger charge is -2.09. The summed E-state index contributed by atoms with van der Waals surface area (Å²) in [5.74, 6) is -1.47. The van der Waals surface area contributed by atoms with Crippen LogP contribution >= 0.6 is 0 Å². The fraction of sp³-hybridized carbons (Fsp3) is 0.714. The molecule has 0 aromatic rings. The molecule has 0 spiro atoms. The quantitative estimate of drug-likeness (QED) is 0.573. The van der Waals surface area contributed by atoms with E-state index in [0.717, 1.165) is 0 Å². The fourth-order valence-corrected chi connectivity index (χ4v) is 1.18. The second-order valence-electron chi connectivity index (χ2n) is 2.70. The summed E-state index contributed by atoms with van der Waals surface area (Å²) in [7, 11) is 1.31. The van der Waals surface area contributed by atoms with E-state index in [1.807, 2.05) is 0 Å². The Hall–Kier alpha value is -1.14. The molecule has 1 heterocycles. The standard InChI is InChI=1S/C7H11NO5/c1-12-8-6(9)4-2-3-5(13-4)7(10)11/h4-5H,2-3H2,1H3,(H,8,9)(H,10,11). The van der Waals surface area contributed by atoms with Crippen molar-refractivity contribution in [3.63, 3.8) is 0 Å². The molecule has 13 heavy (non-hydrogen) atoms. The predicted octanol–water partition coefficient (Wildman–Crippen LogP) is -0.704. The van der Waals surface area contributed by atoms with Crippen molar-refractivity contribution < 1.29 is 24.3 Å². The van der Waals surface area contributed by atoms with Crippen LogP contribution in [-0.2, 0) is 19.2 Å². The summed E-state index contributed by atoms with van der Waals surface area (Å²) in [6.07, 6.45) is -0.808. The van der Waals surface area contributed by atoms with Gasteiger partial charge in [-0.15, -0.1) is 0 Å². The molecule has 1 aliphatic rings. The third-order valence-corrected chi connectivity index (χ3v) is 1.79.